The number of esters is 1. The van der Waals surface area contributed by atoms with Crippen LogP contribution in [0.1, 0.15) is 46.7 Å². The van der Waals surface area contributed by atoms with Crippen LogP contribution in [-0.2, 0) is 11.2 Å². The Morgan fingerprint density at radius 3 is 3.11 bits per heavy atom. The molecule has 1 aromatic carbocycles. The van der Waals surface area contributed by atoms with Crippen molar-refractivity contribution in [1.82, 2.24) is 0 Å². The summed E-state index contributed by atoms with van der Waals surface area (Å²) in [6, 6.07) is 5.96. The van der Waals surface area contributed by atoms with Gasteiger partial charge in [-0.25, -0.2) is 4.79 Å². The maximum Gasteiger partial charge on any atom is 0.337 e. The molecule has 1 aliphatic carbocycles. The zero-order valence-corrected chi connectivity index (χ0v) is 10.6. The van der Waals surface area contributed by atoms with E-state index in [9.17, 15) is 4.79 Å². The average Bonchev–Trinajstić information content (AvgIpc) is 2.45. The fourth-order valence-electron chi connectivity index (χ4n) is 3.05. The van der Waals surface area contributed by atoms with Gasteiger partial charge < -0.3 is 4.74 Å². The third-order valence-electron chi connectivity index (χ3n) is 3.96. The van der Waals surface area contributed by atoms with Gasteiger partial charge in [-0.2, -0.15) is 0 Å². The maximum atomic E-state index is 11.5. The molecule has 0 amide bonds. The molecule has 1 aliphatic heterocycles. The maximum absolute atomic E-state index is 11.5. The lowest BCUT2D eigenvalue weighted by Crippen LogP contribution is -2.24. The molecule has 3 heteroatoms. The Morgan fingerprint density at radius 1 is 1.39 bits per heavy atom. The van der Waals surface area contributed by atoms with E-state index in [2.05, 4.69) is 11.1 Å². The van der Waals surface area contributed by atoms with Crippen LogP contribution in [0.2, 0.25) is 0 Å². The molecule has 0 N–H and O–H groups in total. The van der Waals surface area contributed by atoms with E-state index < -0.39 is 0 Å². The average molecular weight is 243 g/mol. The number of rotatable bonds is 1. The summed E-state index contributed by atoms with van der Waals surface area (Å²) < 4.78 is 4.77. The molecule has 94 valence electrons. The van der Waals surface area contributed by atoms with Crippen molar-refractivity contribution in [2.24, 2.45) is 4.99 Å². The second-order valence-electron chi connectivity index (χ2n) is 4.97. The Kier molecular flexibility index (Phi) is 2.90. The number of carbonyl (C=O) groups is 1. The molecule has 3 nitrogen and oxygen atoms in total. The number of benzene rings is 1. The predicted octanol–water partition coefficient (Wildman–Crippen LogP) is 2.74. The summed E-state index contributed by atoms with van der Waals surface area (Å²) in [5, 5.41) is 0. The van der Waals surface area contributed by atoms with Crippen LogP contribution in [0.25, 0.3) is 0 Å². The van der Waals surface area contributed by atoms with Crippen molar-refractivity contribution < 1.29 is 9.53 Å². The first-order valence-corrected chi connectivity index (χ1v) is 6.54. The second kappa shape index (κ2) is 4.56. The third kappa shape index (κ3) is 1.84. The van der Waals surface area contributed by atoms with Gasteiger partial charge >= 0.3 is 5.97 Å². The smallest absolute Gasteiger partial charge is 0.337 e. The number of aryl methyl sites for hydroxylation is 1. The third-order valence-corrected chi connectivity index (χ3v) is 3.96. The van der Waals surface area contributed by atoms with Gasteiger partial charge in [0.1, 0.15) is 0 Å². The molecule has 1 atom stereocenters. The first kappa shape index (κ1) is 11.5. The van der Waals surface area contributed by atoms with Crippen molar-refractivity contribution >= 4 is 11.7 Å². The molecule has 0 saturated carbocycles. The van der Waals surface area contributed by atoms with Crippen molar-refractivity contribution in [2.45, 2.75) is 31.6 Å². The van der Waals surface area contributed by atoms with Crippen molar-refractivity contribution in [3.8, 4) is 0 Å². The minimum absolute atomic E-state index is 0.249. The Labute approximate surface area is 107 Å². The van der Waals surface area contributed by atoms with Gasteiger partial charge in [0.25, 0.3) is 0 Å². The zero-order valence-electron chi connectivity index (χ0n) is 10.6. The number of hydrogen-bond donors (Lipinski definition) is 0. The summed E-state index contributed by atoms with van der Waals surface area (Å²) in [7, 11) is 1.42. The van der Waals surface area contributed by atoms with E-state index >= 15 is 0 Å². The Morgan fingerprint density at radius 2 is 2.28 bits per heavy atom. The van der Waals surface area contributed by atoms with E-state index in [0.29, 0.717) is 11.5 Å². The van der Waals surface area contributed by atoms with E-state index in [4.69, 9.17) is 4.74 Å². The number of carbonyl (C=O) groups excluding carboxylic acids is 1. The molecule has 0 aromatic heterocycles. The first-order valence-electron chi connectivity index (χ1n) is 6.54. The standard InChI is InChI=1S/C15H17NO2/c1-18-15(17)11-4-6-12-10(9-11)5-7-14-13(12)3-2-8-16-14/h4,6,9,13H,2-3,5,7-8H2,1H3. The number of hydrogen-bond acceptors (Lipinski definition) is 3. The van der Waals surface area contributed by atoms with Crippen LogP contribution in [0, 0.1) is 0 Å². The first-order chi connectivity index (χ1) is 8.79. The molecule has 0 bridgehead atoms. The summed E-state index contributed by atoms with van der Waals surface area (Å²) in [5.41, 5.74) is 4.68. The van der Waals surface area contributed by atoms with Crippen LogP contribution < -0.4 is 0 Å². The van der Waals surface area contributed by atoms with E-state index in [1.54, 1.807) is 0 Å². The Balaban J connectivity index is 1.99. The molecule has 1 heterocycles. The summed E-state index contributed by atoms with van der Waals surface area (Å²) >= 11 is 0. The second-order valence-corrected chi connectivity index (χ2v) is 4.97. The van der Waals surface area contributed by atoms with Gasteiger partial charge in [-0.3, -0.25) is 4.99 Å². The van der Waals surface area contributed by atoms with Crippen molar-refractivity contribution in [1.29, 1.82) is 0 Å². The van der Waals surface area contributed by atoms with E-state index in [-0.39, 0.29) is 5.97 Å². The highest BCUT2D eigenvalue weighted by Gasteiger charge is 2.27. The molecule has 18 heavy (non-hydrogen) atoms. The number of nitrogens with zero attached hydrogens (tertiary/aromatic N) is 1. The SMILES string of the molecule is COC(=O)c1ccc2c(c1)CCC1=NCCCC12. The monoisotopic (exact) mass is 243 g/mol. The normalized spacial score (nSPS) is 21.6. The molecular formula is C15H17NO2. The number of aliphatic imine (C=N–C) groups is 1. The van der Waals surface area contributed by atoms with Gasteiger partial charge in [0.2, 0.25) is 0 Å². The van der Waals surface area contributed by atoms with Gasteiger partial charge in [-0.1, -0.05) is 6.07 Å². The summed E-state index contributed by atoms with van der Waals surface area (Å²) in [6.45, 7) is 0.988. The zero-order chi connectivity index (χ0) is 12.5. The van der Waals surface area contributed by atoms with Crippen LogP contribution in [0.15, 0.2) is 23.2 Å². The van der Waals surface area contributed by atoms with Gasteiger partial charge in [-0.15, -0.1) is 0 Å². The molecule has 0 radical (unpaired) electrons. The number of ether oxygens (including phenoxy) is 1. The predicted molar refractivity (Wildman–Crippen MR) is 70.4 cm³/mol. The fraction of sp³-hybridized carbons (Fsp3) is 0.467. The molecule has 1 aromatic rings. The molecule has 0 saturated heterocycles. The lowest BCUT2D eigenvalue weighted by Gasteiger charge is -2.30. The summed E-state index contributed by atoms with van der Waals surface area (Å²) in [5.74, 6) is 0.245. The highest BCUT2D eigenvalue weighted by molar-refractivity contribution is 5.94. The van der Waals surface area contributed by atoms with Crippen LogP contribution in [0.4, 0.5) is 0 Å². The molecule has 3 rings (SSSR count). The highest BCUT2D eigenvalue weighted by atomic mass is 16.5. The van der Waals surface area contributed by atoms with Crippen molar-refractivity contribution in [3.05, 3.63) is 34.9 Å². The van der Waals surface area contributed by atoms with Crippen LogP contribution in [0.5, 0.6) is 0 Å². The molecular weight excluding hydrogens is 226 g/mol. The lowest BCUT2D eigenvalue weighted by molar-refractivity contribution is 0.0600. The summed E-state index contributed by atoms with van der Waals surface area (Å²) in [4.78, 5) is 16.2. The minimum atomic E-state index is -0.249. The number of fused-ring (bicyclic) bond motifs is 3. The van der Waals surface area contributed by atoms with E-state index in [1.807, 2.05) is 12.1 Å². The minimum Gasteiger partial charge on any atom is -0.465 e. The van der Waals surface area contributed by atoms with E-state index in [1.165, 1.54) is 36.8 Å². The van der Waals surface area contributed by atoms with Crippen LogP contribution in [-0.4, -0.2) is 25.3 Å². The van der Waals surface area contributed by atoms with E-state index in [0.717, 1.165) is 19.4 Å². The highest BCUT2D eigenvalue weighted by Crippen LogP contribution is 2.35. The van der Waals surface area contributed by atoms with Gasteiger partial charge in [0.15, 0.2) is 0 Å². The molecule has 0 fully saturated rings. The van der Waals surface area contributed by atoms with Gasteiger partial charge in [0, 0.05) is 18.2 Å². The topological polar surface area (TPSA) is 38.7 Å². The molecule has 1 unspecified atom stereocenters. The van der Waals surface area contributed by atoms with Gasteiger partial charge in [-0.05, 0) is 48.9 Å². The van der Waals surface area contributed by atoms with Crippen LogP contribution >= 0.6 is 0 Å². The summed E-state index contributed by atoms with van der Waals surface area (Å²) in [6.07, 6.45) is 4.41. The Hall–Kier alpha value is -1.64. The van der Waals surface area contributed by atoms with Crippen molar-refractivity contribution in [3.63, 3.8) is 0 Å². The molecule has 2 aliphatic rings. The quantitative estimate of drug-likeness (QED) is 0.711. The lowest BCUT2D eigenvalue weighted by atomic mass is 9.77. The molecule has 0 spiro atoms. The fourth-order valence-corrected chi connectivity index (χ4v) is 3.05. The van der Waals surface area contributed by atoms with Gasteiger partial charge in [0.05, 0.1) is 12.7 Å². The number of methoxy groups -OCH3 is 1. The van der Waals surface area contributed by atoms with Crippen molar-refractivity contribution in [2.75, 3.05) is 13.7 Å². The largest absolute Gasteiger partial charge is 0.465 e. The Bertz CT molecular complexity index is 519. The van der Waals surface area contributed by atoms with Crippen LogP contribution in [0.3, 0.4) is 0 Å².